The van der Waals surface area contributed by atoms with E-state index in [1.165, 1.54) is 0 Å². The molecule has 0 aromatic heterocycles. The Morgan fingerprint density at radius 3 is 1.77 bits per heavy atom. The second-order valence-corrected chi connectivity index (χ2v) is 6.51. The highest BCUT2D eigenvalue weighted by Crippen LogP contribution is 2.04. The molecule has 0 spiro atoms. The standard InChI is InChI=1S/2C9H18O2/c1-5-8(4)9(10)11-6-7(2)3;1-4-5-6-9(10)11-7-8(2)3/h7-8H,5-6H2,1-4H3;8H,4-7H2,1-3H3. The van der Waals surface area contributed by atoms with Crippen molar-refractivity contribution in [1.29, 1.82) is 0 Å². The average molecular weight is 316 g/mol. The van der Waals surface area contributed by atoms with Crippen molar-refractivity contribution in [3.8, 4) is 0 Å². The summed E-state index contributed by atoms with van der Waals surface area (Å²) in [5, 5.41) is 0. The predicted molar refractivity (Wildman–Crippen MR) is 90.6 cm³/mol. The number of hydrogen-bond acceptors (Lipinski definition) is 4. The number of ether oxygens (including phenoxy) is 2. The van der Waals surface area contributed by atoms with Crippen LogP contribution in [0.3, 0.4) is 0 Å². The van der Waals surface area contributed by atoms with Crippen LogP contribution in [-0.2, 0) is 19.1 Å². The molecule has 0 aliphatic carbocycles. The van der Waals surface area contributed by atoms with Gasteiger partial charge in [-0.1, -0.05) is 54.9 Å². The highest BCUT2D eigenvalue weighted by atomic mass is 16.5. The van der Waals surface area contributed by atoms with Gasteiger partial charge in [0.1, 0.15) is 0 Å². The Labute approximate surface area is 136 Å². The van der Waals surface area contributed by atoms with E-state index in [2.05, 4.69) is 6.92 Å². The number of esters is 2. The molecule has 0 bridgehead atoms. The third-order valence-corrected chi connectivity index (χ3v) is 2.89. The topological polar surface area (TPSA) is 52.6 Å². The van der Waals surface area contributed by atoms with Crippen molar-refractivity contribution in [3.63, 3.8) is 0 Å². The van der Waals surface area contributed by atoms with Crippen LogP contribution in [0.4, 0.5) is 0 Å². The van der Waals surface area contributed by atoms with Gasteiger partial charge >= 0.3 is 11.9 Å². The summed E-state index contributed by atoms with van der Waals surface area (Å²) in [5.41, 5.74) is 0. The molecule has 0 saturated heterocycles. The normalized spacial score (nSPS) is 11.7. The van der Waals surface area contributed by atoms with Gasteiger partial charge in [0.2, 0.25) is 0 Å². The maximum atomic E-state index is 11.1. The number of hydrogen-bond donors (Lipinski definition) is 0. The lowest BCUT2D eigenvalue weighted by atomic mass is 10.1. The summed E-state index contributed by atoms with van der Waals surface area (Å²) in [6.07, 6.45) is 3.42. The fourth-order valence-electron chi connectivity index (χ4n) is 1.21. The molecule has 22 heavy (non-hydrogen) atoms. The van der Waals surface area contributed by atoms with Crippen LogP contribution in [0, 0.1) is 17.8 Å². The lowest BCUT2D eigenvalue weighted by molar-refractivity contribution is -0.149. The van der Waals surface area contributed by atoms with Crippen molar-refractivity contribution in [1.82, 2.24) is 0 Å². The molecule has 0 aromatic carbocycles. The van der Waals surface area contributed by atoms with Gasteiger partial charge in [-0.2, -0.15) is 0 Å². The van der Waals surface area contributed by atoms with E-state index in [4.69, 9.17) is 9.47 Å². The van der Waals surface area contributed by atoms with Gasteiger partial charge in [-0.15, -0.1) is 0 Å². The summed E-state index contributed by atoms with van der Waals surface area (Å²) >= 11 is 0. The van der Waals surface area contributed by atoms with Gasteiger partial charge in [-0.05, 0) is 24.7 Å². The predicted octanol–water partition coefficient (Wildman–Crippen LogP) is 4.61. The van der Waals surface area contributed by atoms with Crippen LogP contribution in [0.25, 0.3) is 0 Å². The molecular formula is C18H36O4. The van der Waals surface area contributed by atoms with E-state index in [-0.39, 0.29) is 17.9 Å². The minimum atomic E-state index is -0.0683. The molecule has 0 aromatic rings. The minimum Gasteiger partial charge on any atom is -0.465 e. The Morgan fingerprint density at radius 1 is 0.864 bits per heavy atom. The highest BCUT2D eigenvalue weighted by Gasteiger charge is 2.11. The number of unbranched alkanes of at least 4 members (excludes halogenated alkanes) is 1. The molecule has 4 nitrogen and oxygen atoms in total. The van der Waals surface area contributed by atoms with Gasteiger partial charge in [0.25, 0.3) is 0 Å². The summed E-state index contributed by atoms with van der Waals surface area (Å²) in [4.78, 5) is 21.9. The van der Waals surface area contributed by atoms with Crippen LogP contribution in [0.15, 0.2) is 0 Å². The molecule has 0 heterocycles. The Hall–Kier alpha value is -1.06. The molecule has 0 rings (SSSR count). The number of rotatable bonds is 9. The SMILES string of the molecule is CCC(C)C(=O)OCC(C)C.CCCCC(=O)OCC(C)C. The van der Waals surface area contributed by atoms with Crippen LogP contribution in [0.2, 0.25) is 0 Å². The maximum Gasteiger partial charge on any atom is 0.308 e. The zero-order valence-corrected chi connectivity index (χ0v) is 15.6. The van der Waals surface area contributed by atoms with Gasteiger partial charge in [-0.3, -0.25) is 9.59 Å². The van der Waals surface area contributed by atoms with Gasteiger partial charge in [0.15, 0.2) is 0 Å². The largest absolute Gasteiger partial charge is 0.465 e. The molecule has 0 amide bonds. The molecule has 0 fully saturated rings. The van der Waals surface area contributed by atoms with Gasteiger partial charge in [0, 0.05) is 6.42 Å². The fourth-order valence-corrected chi connectivity index (χ4v) is 1.21. The summed E-state index contributed by atoms with van der Waals surface area (Å²) in [5.74, 6) is 0.805. The number of carbonyl (C=O) groups is 2. The Balaban J connectivity index is 0. The van der Waals surface area contributed by atoms with Crippen molar-refractivity contribution in [2.24, 2.45) is 17.8 Å². The molecular weight excluding hydrogens is 280 g/mol. The molecule has 0 N–H and O–H groups in total. The smallest absolute Gasteiger partial charge is 0.308 e. The van der Waals surface area contributed by atoms with Crippen LogP contribution >= 0.6 is 0 Å². The lowest BCUT2D eigenvalue weighted by Gasteiger charge is -2.10. The van der Waals surface area contributed by atoms with Crippen LogP contribution < -0.4 is 0 Å². The zero-order chi connectivity index (χ0) is 17.5. The van der Waals surface area contributed by atoms with Crippen LogP contribution in [0.5, 0.6) is 0 Å². The Bertz CT molecular complexity index is 285. The van der Waals surface area contributed by atoms with E-state index in [1.54, 1.807) is 0 Å². The lowest BCUT2D eigenvalue weighted by Crippen LogP contribution is -2.16. The van der Waals surface area contributed by atoms with E-state index in [9.17, 15) is 9.59 Å². The molecule has 4 heteroatoms. The first kappa shape index (κ1) is 23.2. The first-order valence-corrected chi connectivity index (χ1v) is 8.56. The summed E-state index contributed by atoms with van der Waals surface area (Å²) in [7, 11) is 0. The summed E-state index contributed by atoms with van der Waals surface area (Å²) < 4.78 is 9.98. The van der Waals surface area contributed by atoms with Crippen molar-refractivity contribution < 1.29 is 19.1 Å². The van der Waals surface area contributed by atoms with Crippen molar-refractivity contribution in [2.45, 2.75) is 74.1 Å². The second kappa shape index (κ2) is 14.9. The first-order valence-electron chi connectivity index (χ1n) is 8.56. The molecule has 1 atom stereocenters. The fraction of sp³-hybridized carbons (Fsp3) is 0.889. The van der Waals surface area contributed by atoms with Crippen molar-refractivity contribution >= 4 is 11.9 Å². The third-order valence-electron chi connectivity index (χ3n) is 2.89. The number of carbonyl (C=O) groups excluding carboxylic acids is 2. The highest BCUT2D eigenvalue weighted by molar-refractivity contribution is 5.71. The van der Waals surface area contributed by atoms with Gasteiger partial charge in [0.05, 0.1) is 19.1 Å². The van der Waals surface area contributed by atoms with E-state index in [0.29, 0.717) is 31.5 Å². The van der Waals surface area contributed by atoms with Gasteiger partial charge in [-0.25, -0.2) is 0 Å². The minimum absolute atomic E-state index is 0.0498. The Kier molecular flexibility index (Phi) is 15.7. The summed E-state index contributed by atoms with van der Waals surface area (Å²) in [6, 6.07) is 0. The molecule has 1 unspecified atom stereocenters. The van der Waals surface area contributed by atoms with Crippen LogP contribution in [0.1, 0.15) is 74.1 Å². The van der Waals surface area contributed by atoms with Crippen molar-refractivity contribution in [3.05, 3.63) is 0 Å². The quantitative estimate of drug-likeness (QED) is 0.583. The van der Waals surface area contributed by atoms with E-state index >= 15 is 0 Å². The third kappa shape index (κ3) is 17.0. The Morgan fingerprint density at radius 2 is 1.36 bits per heavy atom. The molecule has 0 aliphatic heterocycles. The van der Waals surface area contributed by atoms with Crippen LogP contribution in [-0.4, -0.2) is 25.2 Å². The molecule has 0 aliphatic rings. The first-order chi connectivity index (χ1) is 10.2. The second-order valence-electron chi connectivity index (χ2n) is 6.51. The monoisotopic (exact) mass is 316 g/mol. The van der Waals surface area contributed by atoms with E-state index in [1.807, 2.05) is 41.5 Å². The van der Waals surface area contributed by atoms with Gasteiger partial charge < -0.3 is 9.47 Å². The van der Waals surface area contributed by atoms with E-state index < -0.39 is 0 Å². The molecule has 132 valence electrons. The average Bonchev–Trinajstić information content (AvgIpc) is 2.48. The zero-order valence-electron chi connectivity index (χ0n) is 15.6. The summed E-state index contributed by atoms with van der Waals surface area (Å²) in [6.45, 7) is 15.2. The maximum absolute atomic E-state index is 11.1. The molecule has 0 radical (unpaired) electrons. The van der Waals surface area contributed by atoms with E-state index in [0.717, 1.165) is 19.3 Å². The molecule has 0 saturated carbocycles. The van der Waals surface area contributed by atoms with Crippen molar-refractivity contribution in [2.75, 3.05) is 13.2 Å².